The predicted molar refractivity (Wildman–Crippen MR) is 170 cm³/mol. The number of rotatable bonds is 8. The maximum Gasteiger partial charge on any atom is 0.308 e. The Morgan fingerprint density at radius 1 is 0.689 bits per heavy atom. The lowest BCUT2D eigenvalue weighted by Gasteiger charge is -2.40. The molecule has 0 aromatic heterocycles. The van der Waals surface area contributed by atoms with Gasteiger partial charge in [-0.1, -0.05) is 48.5 Å². The number of hydrogen-bond donors (Lipinski definition) is 0. The van der Waals surface area contributed by atoms with Crippen LogP contribution < -0.4 is 28.4 Å². The smallest absolute Gasteiger partial charge is 0.308 e. The summed E-state index contributed by atoms with van der Waals surface area (Å²) in [7, 11) is 6.31. The van der Waals surface area contributed by atoms with Crippen molar-refractivity contribution in [2.45, 2.75) is 18.9 Å². The van der Waals surface area contributed by atoms with E-state index in [0.717, 1.165) is 11.1 Å². The van der Waals surface area contributed by atoms with Crippen molar-refractivity contribution in [1.29, 1.82) is 0 Å². The third-order valence-corrected chi connectivity index (χ3v) is 8.12. The molecule has 0 fully saturated rings. The number of benzene rings is 5. The molecule has 0 atom stereocenters. The van der Waals surface area contributed by atoms with Crippen LogP contribution in [-0.2, 0) is 10.4 Å². The van der Waals surface area contributed by atoms with Gasteiger partial charge < -0.3 is 28.4 Å². The number of methoxy groups -OCH3 is 4. The molecule has 228 valence electrons. The van der Waals surface area contributed by atoms with Crippen LogP contribution in [0, 0.1) is 0 Å². The fraction of sp³-hybridized carbons (Fsp3) is 0.189. The second kappa shape index (κ2) is 11.9. The molecule has 0 saturated heterocycles. The maximum atomic E-state index is 14.8. The first-order chi connectivity index (χ1) is 21.8. The summed E-state index contributed by atoms with van der Waals surface area (Å²) in [4.78, 5) is 27.3. The minimum Gasteiger partial charge on any atom is -0.497 e. The molecule has 0 radical (unpaired) electrons. The molecule has 5 aromatic carbocycles. The van der Waals surface area contributed by atoms with Crippen LogP contribution in [-0.4, -0.2) is 40.2 Å². The molecule has 6 rings (SSSR count). The van der Waals surface area contributed by atoms with Gasteiger partial charge in [0.2, 0.25) is 0 Å². The van der Waals surface area contributed by atoms with E-state index in [4.69, 9.17) is 28.4 Å². The van der Waals surface area contributed by atoms with E-state index in [-0.39, 0.29) is 18.0 Å². The summed E-state index contributed by atoms with van der Waals surface area (Å²) in [5.74, 6) is 2.26. The molecule has 1 aliphatic rings. The summed E-state index contributed by atoms with van der Waals surface area (Å²) in [5, 5.41) is 1.23. The molecular formula is C37H32O8. The van der Waals surface area contributed by atoms with Gasteiger partial charge in [-0.3, -0.25) is 9.59 Å². The number of ether oxygens (including phenoxy) is 6. The van der Waals surface area contributed by atoms with Crippen LogP contribution in [0.1, 0.15) is 34.8 Å². The van der Waals surface area contributed by atoms with E-state index < -0.39 is 11.6 Å². The van der Waals surface area contributed by atoms with Gasteiger partial charge in [-0.25, -0.2) is 0 Å². The third kappa shape index (κ3) is 5.08. The van der Waals surface area contributed by atoms with Gasteiger partial charge in [-0.05, 0) is 36.4 Å². The van der Waals surface area contributed by atoms with Crippen molar-refractivity contribution < 1.29 is 38.0 Å². The Morgan fingerprint density at radius 2 is 1.24 bits per heavy atom. The van der Waals surface area contributed by atoms with E-state index in [9.17, 15) is 9.59 Å². The van der Waals surface area contributed by atoms with Gasteiger partial charge in [-0.15, -0.1) is 0 Å². The minimum absolute atomic E-state index is 0.0397. The lowest BCUT2D eigenvalue weighted by Crippen LogP contribution is -2.41. The molecule has 0 spiro atoms. The topological polar surface area (TPSA) is 89.5 Å². The van der Waals surface area contributed by atoms with E-state index in [0.29, 0.717) is 56.2 Å². The maximum absolute atomic E-state index is 14.8. The average molecular weight is 605 g/mol. The quantitative estimate of drug-likeness (QED) is 0.134. The average Bonchev–Trinajstić information content (AvgIpc) is 3.08. The molecule has 1 aliphatic heterocycles. The first kappa shape index (κ1) is 29.6. The Hall–Kier alpha value is -5.50. The van der Waals surface area contributed by atoms with Crippen molar-refractivity contribution in [2.24, 2.45) is 0 Å². The van der Waals surface area contributed by atoms with Crippen molar-refractivity contribution in [3.8, 4) is 45.6 Å². The summed E-state index contributed by atoms with van der Waals surface area (Å²) in [6.07, 6.45) is -0.0397. The van der Waals surface area contributed by atoms with Crippen LogP contribution in [0.3, 0.4) is 0 Å². The van der Waals surface area contributed by atoms with Crippen molar-refractivity contribution in [1.82, 2.24) is 0 Å². The number of Topliss-reactive ketones (excluding diaryl/α,β-unsaturated/α-hetero) is 1. The van der Waals surface area contributed by atoms with Crippen molar-refractivity contribution >= 4 is 22.5 Å². The summed E-state index contributed by atoms with van der Waals surface area (Å²) >= 11 is 0. The normalized spacial score (nSPS) is 13.4. The monoisotopic (exact) mass is 604 g/mol. The summed E-state index contributed by atoms with van der Waals surface area (Å²) in [6.45, 7) is 1.33. The van der Waals surface area contributed by atoms with E-state index in [1.807, 2.05) is 72.8 Å². The van der Waals surface area contributed by atoms with E-state index in [1.54, 1.807) is 39.5 Å². The highest BCUT2D eigenvalue weighted by atomic mass is 16.5. The Morgan fingerprint density at radius 3 is 1.78 bits per heavy atom. The molecule has 0 amide bonds. The fourth-order valence-corrected chi connectivity index (χ4v) is 5.99. The molecule has 0 aliphatic carbocycles. The Labute approximate surface area is 261 Å². The number of carbonyl (C=O) groups is 2. The van der Waals surface area contributed by atoms with Crippen molar-refractivity contribution in [2.75, 3.05) is 28.4 Å². The Bertz CT molecular complexity index is 1860. The Balaban J connectivity index is 1.70. The molecule has 0 saturated carbocycles. The number of carbonyl (C=O) groups excluding carboxylic acids is 2. The van der Waals surface area contributed by atoms with Crippen LogP contribution in [0.25, 0.3) is 21.9 Å². The number of hydrogen-bond acceptors (Lipinski definition) is 8. The molecule has 0 bridgehead atoms. The van der Waals surface area contributed by atoms with Crippen molar-refractivity contribution in [3.05, 3.63) is 108 Å². The first-order valence-corrected chi connectivity index (χ1v) is 14.3. The number of fused-ring (bicyclic) bond motifs is 3. The molecule has 8 heteroatoms. The highest BCUT2D eigenvalue weighted by Gasteiger charge is 2.46. The SMILES string of the molecule is COc1ccc(C2(c3ccc(OC)cc3)CC(=O)c3c(-c4ccc(OC)cc4OC)c(OC(C)=O)c4ccccc4c3O2)cc1. The standard InChI is InChI=1S/C37H32O8/c1-22(38)44-35-28-8-6-7-9-29(28)36-34(33(35)30-19-18-27(42-4)20-32(30)43-5)31(39)21-37(45-36,23-10-14-25(40-2)15-11-23)24-12-16-26(41-3)17-13-24/h6-20H,21H2,1-5H3. The zero-order valence-corrected chi connectivity index (χ0v) is 25.6. The van der Waals surface area contributed by atoms with Gasteiger partial charge in [0.1, 0.15) is 34.5 Å². The van der Waals surface area contributed by atoms with E-state index in [2.05, 4.69) is 0 Å². The van der Waals surface area contributed by atoms with Crippen LogP contribution in [0.4, 0.5) is 0 Å². The molecule has 8 nitrogen and oxygen atoms in total. The largest absolute Gasteiger partial charge is 0.497 e. The van der Waals surface area contributed by atoms with Gasteiger partial charge in [0.05, 0.1) is 40.4 Å². The van der Waals surface area contributed by atoms with Crippen molar-refractivity contribution in [3.63, 3.8) is 0 Å². The zero-order chi connectivity index (χ0) is 31.7. The van der Waals surface area contributed by atoms with Crippen LogP contribution in [0.15, 0.2) is 91.0 Å². The van der Waals surface area contributed by atoms with Gasteiger partial charge >= 0.3 is 5.97 Å². The molecular weight excluding hydrogens is 572 g/mol. The Kier molecular flexibility index (Phi) is 7.81. The molecule has 5 aromatic rings. The zero-order valence-electron chi connectivity index (χ0n) is 25.6. The van der Waals surface area contributed by atoms with Gasteiger partial charge in [0.25, 0.3) is 0 Å². The number of esters is 1. The van der Waals surface area contributed by atoms with E-state index in [1.165, 1.54) is 14.0 Å². The summed E-state index contributed by atoms with van der Waals surface area (Å²) < 4.78 is 35.1. The molecule has 45 heavy (non-hydrogen) atoms. The second-order valence-electron chi connectivity index (χ2n) is 10.6. The summed E-state index contributed by atoms with van der Waals surface area (Å²) in [6, 6.07) is 27.7. The lowest BCUT2D eigenvalue weighted by atomic mass is 9.76. The predicted octanol–water partition coefficient (Wildman–Crippen LogP) is 7.38. The second-order valence-corrected chi connectivity index (χ2v) is 10.6. The fourth-order valence-electron chi connectivity index (χ4n) is 5.99. The molecule has 1 heterocycles. The van der Waals surface area contributed by atoms with Gasteiger partial charge in [0.15, 0.2) is 11.4 Å². The molecule has 0 N–H and O–H groups in total. The highest BCUT2D eigenvalue weighted by molar-refractivity contribution is 6.16. The van der Waals surface area contributed by atoms with Crippen LogP contribution in [0.2, 0.25) is 0 Å². The van der Waals surface area contributed by atoms with Crippen LogP contribution >= 0.6 is 0 Å². The van der Waals surface area contributed by atoms with Gasteiger partial charge in [-0.2, -0.15) is 0 Å². The first-order valence-electron chi connectivity index (χ1n) is 14.3. The highest BCUT2D eigenvalue weighted by Crippen LogP contribution is 2.55. The summed E-state index contributed by atoms with van der Waals surface area (Å²) in [5.41, 5.74) is 1.59. The lowest BCUT2D eigenvalue weighted by molar-refractivity contribution is -0.131. The van der Waals surface area contributed by atoms with Crippen LogP contribution in [0.5, 0.6) is 34.5 Å². The third-order valence-electron chi connectivity index (χ3n) is 8.12. The minimum atomic E-state index is -1.20. The van der Waals surface area contributed by atoms with Gasteiger partial charge in [0, 0.05) is 46.0 Å². The number of ketones is 1. The van der Waals surface area contributed by atoms with E-state index >= 15 is 0 Å². The molecule has 0 unspecified atom stereocenters.